The molecule has 1 saturated heterocycles. The van der Waals surface area contributed by atoms with E-state index in [0.717, 1.165) is 0 Å². The third kappa shape index (κ3) is 8.53. The summed E-state index contributed by atoms with van der Waals surface area (Å²) in [5, 5.41) is 7.60. The van der Waals surface area contributed by atoms with E-state index in [0.29, 0.717) is 30.0 Å². The Bertz CT molecular complexity index is 1220. The Morgan fingerprint density at radius 1 is 1.15 bits per heavy atom. The number of Topliss-reactive ketones (excluding diaryl/α,β-unsaturated/α-hetero) is 1. The standard InChI is InChI=1S/C26H32F3N5O6/c1-14(2)10-18(34-25(38)22-31-12-19(32-22)16-6-4-5-7-21(16)39-3)24(37)33-17(11-15-8-9-30-23(15)36)20(35)13-40-26(27,28)29/h4-7,12,14-15,17-18H,8-11,13H2,1-3H3,(H,30,36)(H,31,32)(H,33,37)(H,34,38)/t15-,17-,18-/m0/s1. The number of ether oxygens (including phenoxy) is 2. The predicted molar refractivity (Wildman–Crippen MR) is 136 cm³/mol. The van der Waals surface area contributed by atoms with Crippen molar-refractivity contribution in [3.63, 3.8) is 0 Å². The summed E-state index contributed by atoms with van der Waals surface area (Å²) in [6.07, 6.45) is -3.30. The number of nitrogens with zero attached hydrogens (tertiary/aromatic N) is 1. The fraction of sp³-hybridized carbons (Fsp3) is 0.500. The van der Waals surface area contributed by atoms with Crippen LogP contribution in [0.15, 0.2) is 30.5 Å². The predicted octanol–water partition coefficient (Wildman–Crippen LogP) is 2.35. The maximum atomic E-state index is 13.2. The van der Waals surface area contributed by atoms with Crippen molar-refractivity contribution in [1.82, 2.24) is 25.9 Å². The van der Waals surface area contributed by atoms with Gasteiger partial charge in [0.2, 0.25) is 11.8 Å². The number of aromatic nitrogens is 2. The van der Waals surface area contributed by atoms with E-state index in [4.69, 9.17) is 4.74 Å². The zero-order chi connectivity index (χ0) is 29.4. The number of methoxy groups -OCH3 is 1. The lowest BCUT2D eigenvalue weighted by atomic mass is 9.95. The van der Waals surface area contributed by atoms with Crippen molar-refractivity contribution in [3.8, 4) is 17.0 Å². The van der Waals surface area contributed by atoms with Crippen LogP contribution in [-0.2, 0) is 19.1 Å². The summed E-state index contributed by atoms with van der Waals surface area (Å²) < 4.78 is 46.6. The van der Waals surface area contributed by atoms with Crippen LogP contribution in [0, 0.1) is 11.8 Å². The molecule has 2 heterocycles. The largest absolute Gasteiger partial charge is 0.522 e. The second kappa shape index (κ2) is 13.4. The number of halogens is 3. The molecule has 1 aromatic heterocycles. The van der Waals surface area contributed by atoms with Gasteiger partial charge in [0.1, 0.15) is 18.4 Å². The number of imidazole rings is 1. The van der Waals surface area contributed by atoms with Gasteiger partial charge in [-0.05, 0) is 37.3 Å². The molecule has 14 heteroatoms. The molecule has 218 valence electrons. The maximum absolute atomic E-state index is 13.2. The number of hydrogen-bond donors (Lipinski definition) is 4. The molecule has 3 rings (SSSR count). The summed E-state index contributed by atoms with van der Waals surface area (Å²) in [7, 11) is 1.50. The van der Waals surface area contributed by atoms with Gasteiger partial charge in [-0.25, -0.2) is 4.98 Å². The van der Waals surface area contributed by atoms with Gasteiger partial charge in [-0.2, -0.15) is 0 Å². The first-order valence-corrected chi connectivity index (χ1v) is 12.7. The van der Waals surface area contributed by atoms with Gasteiger partial charge in [0.25, 0.3) is 5.91 Å². The number of carbonyl (C=O) groups excluding carboxylic acids is 4. The van der Waals surface area contributed by atoms with Crippen LogP contribution in [0.4, 0.5) is 13.2 Å². The van der Waals surface area contributed by atoms with Gasteiger partial charge < -0.3 is 25.7 Å². The molecule has 1 aromatic carbocycles. The minimum absolute atomic E-state index is 0.0832. The Kier molecular flexibility index (Phi) is 10.3. The van der Waals surface area contributed by atoms with Gasteiger partial charge in [-0.1, -0.05) is 26.0 Å². The molecule has 4 N–H and O–H groups in total. The molecule has 0 spiro atoms. The molecule has 0 radical (unpaired) electrons. The molecule has 11 nitrogen and oxygen atoms in total. The number of amides is 3. The van der Waals surface area contributed by atoms with Crippen LogP contribution in [0.2, 0.25) is 0 Å². The number of H-pyrrole nitrogens is 1. The minimum atomic E-state index is -5.05. The van der Waals surface area contributed by atoms with Gasteiger partial charge in [-0.3, -0.25) is 23.9 Å². The zero-order valence-corrected chi connectivity index (χ0v) is 22.3. The number of hydrogen-bond acceptors (Lipinski definition) is 7. The highest BCUT2D eigenvalue weighted by Gasteiger charge is 2.36. The summed E-state index contributed by atoms with van der Waals surface area (Å²) >= 11 is 0. The molecular formula is C26H32F3N5O6. The SMILES string of the molecule is COc1ccccc1-c1cnc(C(=O)N[C@@H](CC(C)C)C(=O)N[C@@H](C[C@@H]2CCNC2=O)C(=O)COC(F)(F)F)[nH]1. The molecular weight excluding hydrogens is 535 g/mol. The van der Waals surface area contributed by atoms with Gasteiger partial charge in [0.15, 0.2) is 11.6 Å². The zero-order valence-electron chi connectivity index (χ0n) is 22.3. The van der Waals surface area contributed by atoms with Crippen molar-refractivity contribution < 1.29 is 41.8 Å². The van der Waals surface area contributed by atoms with Crippen LogP contribution in [0.1, 0.15) is 43.7 Å². The molecule has 3 atom stereocenters. The van der Waals surface area contributed by atoms with Crippen molar-refractivity contribution in [1.29, 1.82) is 0 Å². The highest BCUT2D eigenvalue weighted by Crippen LogP contribution is 2.28. The van der Waals surface area contributed by atoms with E-state index in [1.54, 1.807) is 24.3 Å². The van der Waals surface area contributed by atoms with E-state index in [2.05, 4.69) is 30.7 Å². The van der Waals surface area contributed by atoms with Crippen molar-refractivity contribution in [2.24, 2.45) is 11.8 Å². The summed E-state index contributed by atoms with van der Waals surface area (Å²) in [5.74, 6) is -3.20. The third-order valence-electron chi connectivity index (χ3n) is 6.28. The van der Waals surface area contributed by atoms with Crippen molar-refractivity contribution in [2.45, 2.75) is 51.6 Å². The Balaban J connectivity index is 1.75. The van der Waals surface area contributed by atoms with Crippen LogP contribution in [-0.4, -0.2) is 72.2 Å². The van der Waals surface area contributed by atoms with Crippen molar-refractivity contribution >= 4 is 23.5 Å². The number of ketones is 1. The van der Waals surface area contributed by atoms with E-state index < -0.39 is 48.6 Å². The molecule has 40 heavy (non-hydrogen) atoms. The average molecular weight is 568 g/mol. The molecule has 3 amide bonds. The van der Waals surface area contributed by atoms with Crippen LogP contribution in [0.25, 0.3) is 11.3 Å². The van der Waals surface area contributed by atoms with Gasteiger partial charge >= 0.3 is 6.36 Å². The Morgan fingerprint density at radius 2 is 1.88 bits per heavy atom. The summed E-state index contributed by atoms with van der Waals surface area (Å²) in [6.45, 7) is 2.63. The molecule has 0 saturated carbocycles. The molecule has 1 fully saturated rings. The second-order valence-corrected chi connectivity index (χ2v) is 9.78. The number of para-hydroxylation sites is 1. The first-order valence-electron chi connectivity index (χ1n) is 12.7. The number of rotatable bonds is 13. The number of benzene rings is 1. The lowest BCUT2D eigenvalue weighted by molar-refractivity contribution is -0.321. The Hall–Kier alpha value is -3.94. The molecule has 0 bridgehead atoms. The second-order valence-electron chi connectivity index (χ2n) is 9.78. The number of carbonyl (C=O) groups is 4. The van der Waals surface area contributed by atoms with Gasteiger partial charge in [0.05, 0.1) is 25.0 Å². The highest BCUT2D eigenvalue weighted by atomic mass is 19.4. The van der Waals surface area contributed by atoms with E-state index in [9.17, 15) is 32.3 Å². The van der Waals surface area contributed by atoms with Crippen LogP contribution in [0.5, 0.6) is 5.75 Å². The Labute approximate surface area is 228 Å². The maximum Gasteiger partial charge on any atom is 0.522 e. The van der Waals surface area contributed by atoms with Gasteiger partial charge in [-0.15, -0.1) is 13.2 Å². The van der Waals surface area contributed by atoms with Crippen LogP contribution >= 0.6 is 0 Å². The fourth-order valence-electron chi connectivity index (χ4n) is 4.32. The topological polar surface area (TPSA) is 152 Å². The molecule has 1 aliphatic heterocycles. The molecule has 1 aliphatic rings. The lowest BCUT2D eigenvalue weighted by Gasteiger charge is -2.25. The van der Waals surface area contributed by atoms with Crippen LogP contribution < -0.4 is 20.7 Å². The first-order chi connectivity index (χ1) is 18.9. The van der Waals surface area contributed by atoms with Crippen molar-refractivity contribution in [2.75, 3.05) is 20.3 Å². The molecule has 0 unspecified atom stereocenters. The summed E-state index contributed by atoms with van der Waals surface area (Å²) in [4.78, 5) is 57.9. The smallest absolute Gasteiger partial charge is 0.496 e. The minimum Gasteiger partial charge on any atom is -0.496 e. The molecule has 0 aliphatic carbocycles. The van der Waals surface area contributed by atoms with Crippen LogP contribution in [0.3, 0.4) is 0 Å². The van der Waals surface area contributed by atoms with E-state index >= 15 is 0 Å². The number of nitrogens with one attached hydrogen (secondary N) is 4. The average Bonchev–Trinajstić information content (AvgIpc) is 3.55. The Morgan fingerprint density at radius 3 is 2.50 bits per heavy atom. The summed E-state index contributed by atoms with van der Waals surface area (Å²) in [5.41, 5.74) is 1.16. The van der Waals surface area contributed by atoms with E-state index in [1.165, 1.54) is 13.3 Å². The molecule has 2 aromatic rings. The van der Waals surface area contributed by atoms with E-state index in [1.807, 2.05) is 13.8 Å². The normalized spacial score (nSPS) is 16.8. The third-order valence-corrected chi connectivity index (χ3v) is 6.28. The monoisotopic (exact) mass is 567 g/mol. The first kappa shape index (κ1) is 30.6. The summed E-state index contributed by atoms with van der Waals surface area (Å²) in [6, 6.07) is 4.50. The van der Waals surface area contributed by atoms with Crippen molar-refractivity contribution in [3.05, 3.63) is 36.3 Å². The number of aromatic amines is 1. The highest BCUT2D eigenvalue weighted by molar-refractivity contribution is 5.97. The van der Waals surface area contributed by atoms with E-state index in [-0.39, 0.29) is 30.5 Å². The quantitative estimate of drug-likeness (QED) is 0.290. The number of alkyl halides is 3. The van der Waals surface area contributed by atoms with Gasteiger partial charge in [0, 0.05) is 18.0 Å². The lowest BCUT2D eigenvalue weighted by Crippen LogP contribution is -2.53. The fourth-order valence-corrected chi connectivity index (χ4v) is 4.32.